The summed E-state index contributed by atoms with van der Waals surface area (Å²) in [5.41, 5.74) is 11.7. The summed E-state index contributed by atoms with van der Waals surface area (Å²) in [6.07, 6.45) is 8.08. The molecule has 4 heterocycles. The van der Waals surface area contributed by atoms with Crippen molar-refractivity contribution in [2.24, 2.45) is 11.1 Å². The maximum atomic E-state index is 12.8. The van der Waals surface area contributed by atoms with Crippen molar-refractivity contribution in [3.05, 3.63) is 77.4 Å². The van der Waals surface area contributed by atoms with Gasteiger partial charge in [0.2, 0.25) is 5.91 Å². The van der Waals surface area contributed by atoms with E-state index in [0.29, 0.717) is 23.6 Å². The number of nitrogens with two attached hydrogens (primary N) is 1. The number of ether oxygens (including phenoxy) is 1. The maximum Gasteiger partial charge on any atom is 0.267 e. The number of rotatable bonds is 6. The Morgan fingerprint density at radius 1 is 1.03 bits per heavy atom. The van der Waals surface area contributed by atoms with Gasteiger partial charge in [0.1, 0.15) is 11.4 Å². The number of benzene rings is 1. The first-order valence-electron chi connectivity index (χ1n) is 13.3. The number of fused-ring (bicyclic) bond motifs is 1. The smallest absolute Gasteiger partial charge is 0.267 e. The molecule has 8 heteroatoms. The monoisotopic (exact) mass is 511 g/mol. The first kappa shape index (κ1) is 24.6. The lowest BCUT2D eigenvalue weighted by Crippen LogP contribution is -2.61. The van der Waals surface area contributed by atoms with Crippen LogP contribution in [0.15, 0.2) is 54.9 Å². The fourth-order valence-corrected chi connectivity index (χ4v) is 6.35. The second-order valence-electron chi connectivity index (χ2n) is 10.9. The van der Waals surface area contributed by atoms with Gasteiger partial charge < -0.3 is 15.4 Å². The van der Waals surface area contributed by atoms with E-state index < -0.39 is 5.91 Å². The summed E-state index contributed by atoms with van der Waals surface area (Å²) in [6.45, 7) is 3.88. The van der Waals surface area contributed by atoms with Crippen molar-refractivity contribution in [1.29, 1.82) is 0 Å². The maximum absolute atomic E-state index is 12.8. The van der Waals surface area contributed by atoms with Crippen molar-refractivity contribution in [2.45, 2.75) is 38.1 Å². The predicted molar refractivity (Wildman–Crippen MR) is 144 cm³/mol. The number of aromatic nitrogens is 2. The van der Waals surface area contributed by atoms with Crippen LogP contribution in [-0.4, -0.2) is 64.9 Å². The minimum Gasteiger partial charge on any atom is -0.495 e. The summed E-state index contributed by atoms with van der Waals surface area (Å²) >= 11 is 0. The van der Waals surface area contributed by atoms with Crippen LogP contribution in [0, 0.1) is 5.41 Å². The van der Waals surface area contributed by atoms with E-state index in [-0.39, 0.29) is 11.6 Å². The summed E-state index contributed by atoms with van der Waals surface area (Å²) < 4.78 is 5.15. The number of hydrogen-bond acceptors (Lipinski definition) is 6. The van der Waals surface area contributed by atoms with Crippen molar-refractivity contribution in [1.82, 2.24) is 19.8 Å². The third-order valence-electron chi connectivity index (χ3n) is 8.60. The Morgan fingerprint density at radius 3 is 2.47 bits per heavy atom. The third kappa shape index (κ3) is 4.65. The molecule has 3 aliphatic rings. The molecule has 1 spiro atoms. The number of carbonyl (C=O) groups is 2. The highest BCUT2D eigenvalue weighted by Gasteiger charge is 2.48. The molecular weight excluding hydrogens is 478 g/mol. The zero-order chi connectivity index (χ0) is 26.3. The van der Waals surface area contributed by atoms with Gasteiger partial charge >= 0.3 is 0 Å². The average molecular weight is 512 g/mol. The van der Waals surface area contributed by atoms with Gasteiger partial charge in [-0.15, -0.1) is 0 Å². The Bertz CT molecular complexity index is 1340. The van der Waals surface area contributed by atoms with Crippen LogP contribution in [-0.2, 0) is 17.6 Å². The Balaban J connectivity index is 1.03. The number of pyridine rings is 2. The molecule has 1 aliphatic carbocycles. The zero-order valence-electron chi connectivity index (χ0n) is 21.7. The molecule has 3 aromatic rings. The molecule has 0 saturated carbocycles. The van der Waals surface area contributed by atoms with Gasteiger partial charge in [0.05, 0.1) is 19.7 Å². The SMILES string of the molecule is COc1ccc(CC(=O)N2CCC3(CC2)CN(C2CCc4cc(-c5ccc(C(N)=O)nc5)ccc42)C3)nc1. The van der Waals surface area contributed by atoms with Crippen molar-refractivity contribution in [2.75, 3.05) is 33.3 Å². The lowest BCUT2D eigenvalue weighted by Gasteiger charge is -2.56. The van der Waals surface area contributed by atoms with E-state index in [1.807, 2.05) is 23.1 Å². The summed E-state index contributed by atoms with van der Waals surface area (Å²) in [7, 11) is 1.61. The number of hydrogen-bond donors (Lipinski definition) is 1. The first-order valence-corrected chi connectivity index (χ1v) is 13.3. The quantitative estimate of drug-likeness (QED) is 0.544. The van der Waals surface area contributed by atoms with E-state index in [1.165, 1.54) is 11.1 Å². The van der Waals surface area contributed by atoms with Crippen LogP contribution in [0.4, 0.5) is 0 Å². The molecule has 2 amide bonds. The Hall–Kier alpha value is -3.78. The van der Waals surface area contributed by atoms with Gasteiger partial charge in [-0.05, 0) is 66.0 Å². The van der Waals surface area contributed by atoms with Gasteiger partial charge in [0, 0.05) is 49.7 Å². The number of likely N-dealkylation sites (tertiary alicyclic amines) is 2. The van der Waals surface area contributed by atoms with E-state index in [9.17, 15) is 9.59 Å². The standard InChI is InChI=1S/C30H33N5O3/c1-38-24-6-5-23(32-17-24)15-28(36)34-12-10-30(11-13-34)18-35(19-30)27-9-4-21-14-20(2-7-25(21)27)22-3-8-26(29(31)37)33-16-22/h2-3,5-8,14,16-17,27H,4,9-13,15,18-19H2,1H3,(H2,31,37). The molecule has 1 atom stereocenters. The van der Waals surface area contributed by atoms with Gasteiger partial charge in [0.25, 0.3) is 5.91 Å². The van der Waals surface area contributed by atoms with Crippen LogP contribution in [0.2, 0.25) is 0 Å². The van der Waals surface area contributed by atoms with Crippen LogP contribution in [0.1, 0.15) is 52.6 Å². The van der Waals surface area contributed by atoms with Crippen LogP contribution in [0.25, 0.3) is 11.1 Å². The lowest BCUT2D eigenvalue weighted by atomic mass is 9.71. The predicted octanol–water partition coefficient (Wildman–Crippen LogP) is 3.41. The normalized spacial score (nSPS) is 20.1. The van der Waals surface area contributed by atoms with Gasteiger partial charge in [-0.2, -0.15) is 0 Å². The Morgan fingerprint density at radius 2 is 1.82 bits per heavy atom. The molecule has 2 fully saturated rings. The van der Waals surface area contributed by atoms with Gasteiger partial charge in [-0.1, -0.05) is 24.3 Å². The first-order chi connectivity index (χ1) is 18.4. The number of carbonyl (C=O) groups excluding carboxylic acids is 2. The molecule has 196 valence electrons. The molecule has 1 unspecified atom stereocenters. The fraction of sp³-hybridized carbons (Fsp3) is 0.400. The largest absolute Gasteiger partial charge is 0.495 e. The summed E-state index contributed by atoms with van der Waals surface area (Å²) in [5.74, 6) is 0.354. The fourth-order valence-electron chi connectivity index (χ4n) is 6.35. The zero-order valence-corrected chi connectivity index (χ0v) is 21.7. The Labute approximate surface area is 222 Å². The van der Waals surface area contributed by atoms with Crippen molar-refractivity contribution < 1.29 is 14.3 Å². The highest BCUT2D eigenvalue weighted by molar-refractivity contribution is 5.91. The van der Waals surface area contributed by atoms with E-state index in [4.69, 9.17) is 10.5 Å². The number of aryl methyl sites for hydroxylation is 1. The second kappa shape index (κ2) is 9.83. The van der Waals surface area contributed by atoms with E-state index >= 15 is 0 Å². The lowest BCUT2D eigenvalue weighted by molar-refractivity contribution is -0.136. The average Bonchev–Trinajstić information content (AvgIpc) is 3.35. The van der Waals surface area contributed by atoms with E-state index in [1.54, 1.807) is 25.6 Å². The second-order valence-corrected chi connectivity index (χ2v) is 10.9. The summed E-state index contributed by atoms with van der Waals surface area (Å²) in [6, 6.07) is 14.5. The molecule has 6 rings (SSSR count). The van der Waals surface area contributed by atoms with Crippen LogP contribution < -0.4 is 10.5 Å². The van der Waals surface area contributed by atoms with Crippen molar-refractivity contribution in [3.63, 3.8) is 0 Å². The molecule has 8 nitrogen and oxygen atoms in total. The van der Waals surface area contributed by atoms with Gasteiger partial charge in [-0.3, -0.25) is 24.5 Å². The Kier molecular flexibility index (Phi) is 6.35. The molecule has 0 bridgehead atoms. The van der Waals surface area contributed by atoms with Gasteiger partial charge in [-0.25, -0.2) is 0 Å². The third-order valence-corrected chi connectivity index (χ3v) is 8.60. The molecule has 0 radical (unpaired) electrons. The summed E-state index contributed by atoms with van der Waals surface area (Å²) in [5, 5.41) is 0. The highest BCUT2D eigenvalue weighted by Crippen LogP contribution is 2.48. The van der Waals surface area contributed by atoms with E-state index in [0.717, 1.165) is 68.7 Å². The molecule has 2 aliphatic heterocycles. The van der Waals surface area contributed by atoms with Gasteiger partial charge in [0.15, 0.2) is 0 Å². The van der Waals surface area contributed by atoms with Crippen LogP contribution in [0.3, 0.4) is 0 Å². The number of nitrogens with zero attached hydrogens (tertiary/aromatic N) is 4. The number of amides is 2. The number of piperidine rings is 1. The van der Waals surface area contributed by atoms with Crippen LogP contribution >= 0.6 is 0 Å². The molecular formula is C30H33N5O3. The molecule has 2 N–H and O–H groups in total. The van der Waals surface area contributed by atoms with Crippen LogP contribution in [0.5, 0.6) is 5.75 Å². The molecule has 2 aromatic heterocycles. The topological polar surface area (TPSA) is 102 Å². The number of primary amides is 1. The number of methoxy groups -OCH3 is 1. The highest BCUT2D eigenvalue weighted by atomic mass is 16.5. The van der Waals surface area contributed by atoms with E-state index in [2.05, 4.69) is 33.1 Å². The minimum absolute atomic E-state index is 0.161. The summed E-state index contributed by atoms with van der Waals surface area (Å²) in [4.78, 5) is 37.3. The molecule has 1 aromatic carbocycles. The minimum atomic E-state index is -0.510. The van der Waals surface area contributed by atoms with Crippen molar-refractivity contribution in [3.8, 4) is 16.9 Å². The molecule has 2 saturated heterocycles. The van der Waals surface area contributed by atoms with Crippen molar-refractivity contribution >= 4 is 11.8 Å². The molecule has 38 heavy (non-hydrogen) atoms.